The third-order valence-electron chi connectivity index (χ3n) is 5.85. The maximum Gasteiger partial charge on any atom is 0.257 e. The van der Waals surface area contributed by atoms with E-state index >= 15 is 0 Å². The first-order chi connectivity index (χ1) is 14.3. The molecule has 1 saturated heterocycles. The van der Waals surface area contributed by atoms with Crippen LogP contribution in [0.15, 0.2) is 18.5 Å². The molecule has 2 aromatic rings. The number of aromatic nitrogens is 4. The van der Waals surface area contributed by atoms with Crippen molar-refractivity contribution in [1.29, 1.82) is 0 Å². The molecule has 0 bridgehead atoms. The van der Waals surface area contributed by atoms with Gasteiger partial charge in [-0.1, -0.05) is 0 Å². The molecule has 9 nitrogen and oxygen atoms in total. The second-order valence-electron chi connectivity index (χ2n) is 7.98. The normalized spacial score (nSPS) is 18.6. The van der Waals surface area contributed by atoms with Crippen LogP contribution in [0.4, 0.5) is 4.39 Å². The second kappa shape index (κ2) is 8.03. The number of pyridine rings is 1. The van der Waals surface area contributed by atoms with Gasteiger partial charge in [-0.3, -0.25) is 9.78 Å². The molecule has 2 aliphatic rings. The van der Waals surface area contributed by atoms with Crippen molar-refractivity contribution >= 4 is 15.9 Å². The van der Waals surface area contributed by atoms with Gasteiger partial charge in [-0.15, -0.1) is 10.2 Å². The van der Waals surface area contributed by atoms with Crippen molar-refractivity contribution in [3.05, 3.63) is 41.5 Å². The fourth-order valence-electron chi connectivity index (χ4n) is 4.04. The largest absolute Gasteiger partial charge is 0.329 e. The van der Waals surface area contributed by atoms with Gasteiger partial charge in [-0.05, 0) is 32.8 Å². The van der Waals surface area contributed by atoms with Crippen LogP contribution in [0.2, 0.25) is 0 Å². The van der Waals surface area contributed by atoms with E-state index in [4.69, 9.17) is 0 Å². The first-order valence-electron chi connectivity index (χ1n) is 10.1. The van der Waals surface area contributed by atoms with Gasteiger partial charge < -0.3 is 9.47 Å². The number of fused-ring (bicyclic) bond motifs is 1. The number of amides is 1. The van der Waals surface area contributed by atoms with Crippen molar-refractivity contribution in [2.75, 3.05) is 19.6 Å². The highest BCUT2D eigenvalue weighted by atomic mass is 32.2. The van der Waals surface area contributed by atoms with E-state index in [9.17, 15) is 17.6 Å². The van der Waals surface area contributed by atoms with Gasteiger partial charge in [0.05, 0.1) is 23.6 Å². The Balaban J connectivity index is 1.45. The lowest BCUT2D eigenvalue weighted by molar-refractivity contribution is 0.0700. The van der Waals surface area contributed by atoms with Gasteiger partial charge in [0.25, 0.3) is 5.91 Å². The third-order valence-corrected chi connectivity index (χ3v) is 8.12. The molecule has 4 rings (SSSR count). The molecule has 0 atom stereocenters. The first kappa shape index (κ1) is 20.9. The number of nitrogens with zero attached hydrogens (tertiary/aromatic N) is 6. The third kappa shape index (κ3) is 3.71. The van der Waals surface area contributed by atoms with Crippen molar-refractivity contribution < 1.29 is 17.6 Å². The maximum atomic E-state index is 13.9. The molecule has 30 heavy (non-hydrogen) atoms. The summed E-state index contributed by atoms with van der Waals surface area (Å²) < 4.78 is 42.2. The molecule has 0 radical (unpaired) electrons. The van der Waals surface area contributed by atoms with Gasteiger partial charge in [0.1, 0.15) is 5.82 Å². The zero-order chi connectivity index (χ0) is 21.5. The molecule has 11 heteroatoms. The molecule has 0 aliphatic carbocycles. The standard InChI is InChI=1S/C19H25FN6O3S/c1-13(2)30(28,29)25-7-4-14(5-8-25)18-23-22-17-12-24(9-10-26(17)18)19(27)15-3-6-21-11-16(15)20/h3,6,11,13-14H,4-5,7-10,12H2,1-2H3. The van der Waals surface area contributed by atoms with Gasteiger partial charge in [-0.25, -0.2) is 17.1 Å². The quantitative estimate of drug-likeness (QED) is 0.718. The Bertz CT molecular complexity index is 1050. The number of piperidine rings is 1. The summed E-state index contributed by atoms with van der Waals surface area (Å²) in [6.45, 7) is 5.55. The maximum absolute atomic E-state index is 13.9. The number of carbonyl (C=O) groups is 1. The zero-order valence-corrected chi connectivity index (χ0v) is 17.8. The molecule has 1 fully saturated rings. The first-order valence-corrected chi connectivity index (χ1v) is 11.6. The topological polar surface area (TPSA) is 101 Å². The van der Waals surface area contributed by atoms with Gasteiger partial charge >= 0.3 is 0 Å². The molecule has 2 aliphatic heterocycles. The van der Waals surface area contributed by atoms with Crippen LogP contribution in [-0.2, 0) is 23.1 Å². The summed E-state index contributed by atoms with van der Waals surface area (Å²) in [4.78, 5) is 17.9. The van der Waals surface area contributed by atoms with E-state index in [1.807, 2.05) is 4.57 Å². The van der Waals surface area contributed by atoms with Crippen LogP contribution >= 0.6 is 0 Å². The molecular weight excluding hydrogens is 411 g/mol. The fourth-order valence-corrected chi connectivity index (χ4v) is 5.36. The van der Waals surface area contributed by atoms with Crippen LogP contribution in [0, 0.1) is 5.82 Å². The Morgan fingerprint density at radius 1 is 1.17 bits per heavy atom. The Kier molecular flexibility index (Phi) is 5.58. The molecule has 0 spiro atoms. The number of carbonyl (C=O) groups excluding carboxylic acids is 1. The summed E-state index contributed by atoms with van der Waals surface area (Å²) >= 11 is 0. The predicted molar refractivity (Wildman–Crippen MR) is 107 cm³/mol. The predicted octanol–water partition coefficient (Wildman–Crippen LogP) is 1.39. The van der Waals surface area contributed by atoms with Crippen molar-refractivity contribution in [3.8, 4) is 0 Å². The summed E-state index contributed by atoms with van der Waals surface area (Å²) in [6.07, 6.45) is 3.81. The summed E-state index contributed by atoms with van der Waals surface area (Å²) in [6, 6.07) is 1.38. The molecule has 1 amide bonds. The number of hydrogen-bond acceptors (Lipinski definition) is 6. The zero-order valence-electron chi connectivity index (χ0n) is 17.0. The SMILES string of the molecule is CC(C)S(=O)(=O)N1CCC(c2nnc3n2CCN(C(=O)c2ccncc2F)C3)CC1. The lowest BCUT2D eigenvalue weighted by Gasteiger charge is -2.33. The number of sulfonamides is 1. The van der Waals surface area contributed by atoms with Crippen molar-refractivity contribution in [1.82, 2.24) is 29.0 Å². The van der Waals surface area contributed by atoms with E-state index in [-0.39, 0.29) is 18.0 Å². The lowest BCUT2D eigenvalue weighted by Crippen LogP contribution is -2.42. The highest BCUT2D eigenvalue weighted by Gasteiger charge is 2.34. The average molecular weight is 437 g/mol. The van der Waals surface area contributed by atoms with Crippen molar-refractivity contribution in [2.45, 2.75) is 50.9 Å². The van der Waals surface area contributed by atoms with E-state index in [2.05, 4.69) is 15.2 Å². The van der Waals surface area contributed by atoms with E-state index in [0.717, 1.165) is 12.0 Å². The molecule has 2 aromatic heterocycles. The average Bonchev–Trinajstić information content (AvgIpc) is 3.17. The van der Waals surface area contributed by atoms with Crippen molar-refractivity contribution in [2.24, 2.45) is 0 Å². The molecule has 0 aromatic carbocycles. The van der Waals surface area contributed by atoms with Gasteiger partial charge in [0.15, 0.2) is 11.6 Å². The highest BCUT2D eigenvalue weighted by Crippen LogP contribution is 2.30. The van der Waals surface area contributed by atoms with Crippen LogP contribution in [0.25, 0.3) is 0 Å². The minimum atomic E-state index is -3.24. The Labute approximate surface area is 175 Å². The Morgan fingerprint density at radius 2 is 1.90 bits per heavy atom. The summed E-state index contributed by atoms with van der Waals surface area (Å²) in [5, 5.41) is 8.18. The smallest absolute Gasteiger partial charge is 0.257 e. The minimum Gasteiger partial charge on any atom is -0.329 e. The summed E-state index contributed by atoms with van der Waals surface area (Å²) in [5.41, 5.74) is -0.00285. The van der Waals surface area contributed by atoms with E-state index in [1.54, 1.807) is 23.1 Å². The Hall–Kier alpha value is -2.40. The fraction of sp³-hybridized carbons (Fsp3) is 0.579. The van der Waals surface area contributed by atoms with Gasteiger partial charge in [-0.2, -0.15) is 0 Å². The van der Waals surface area contributed by atoms with Crippen LogP contribution in [-0.4, -0.2) is 68.2 Å². The number of hydrogen-bond donors (Lipinski definition) is 0. The van der Waals surface area contributed by atoms with E-state index in [1.165, 1.54) is 12.3 Å². The van der Waals surface area contributed by atoms with Crippen molar-refractivity contribution in [3.63, 3.8) is 0 Å². The lowest BCUT2D eigenvalue weighted by atomic mass is 9.97. The number of halogens is 1. The molecular formula is C19H25FN6O3S. The monoisotopic (exact) mass is 436 g/mol. The van der Waals surface area contributed by atoms with Crippen LogP contribution in [0.3, 0.4) is 0 Å². The van der Waals surface area contributed by atoms with Crippen LogP contribution in [0.1, 0.15) is 54.6 Å². The van der Waals surface area contributed by atoms with Gasteiger partial charge in [0, 0.05) is 38.3 Å². The molecule has 0 N–H and O–H groups in total. The Morgan fingerprint density at radius 3 is 2.57 bits per heavy atom. The van der Waals surface area contributed by atoms with Crippen LogP contribution < -0.4 is 0 Å². The minimum absolute atomic E-state index is 0.00285. The molecule has 4 heterocycles. The number of rotatable bonds is 4. The van der Waals surface area contributed by atoms with E-state index in [0.29, 0.717) is 44.8 Å². The molecule has 0 saturated carbocycles. The van der Waals surface area contributed by atoms with E-state index < -0.39 is 27.0 Å². The highest BCUT2D eigenvalue weighted by molar-refractivity contribution is 7.89. The molecule has 162 valence electrons. The summed E-state index contributed by atoms with van der Waals surface area (Å²) in [5.74, 6) is 0.603. The van der Waals surface area contributed by atoms with Crippen LogP contribution in [0.5, 0.6) is 0 Å². The van der Waals surface area contributed by atoms with Gasteiger partial charge in [0.2, 0.25) is 10.0 Å². The molecule has 0 unspecified atom stereocenters. The summed E-state index contributed by atoms with van der Waals surface area (Å²) in [7, 11) is -3.24. The second-order valence-corrected chi connectivity index (χ2v) is 10.5.